The molecule has 1 aliphatic heterocycles. The number of nitrogens with zero attached hydrogens (tertiary/aromatic N) is 3. The molecule has 2 heterocycles. The van der Waals surface area contributed by atoms with E-state index in [2.05, 4.69) is 55.7 Å². The zero-order valence-electron chi connectivity index (χ0n) is 17.1. The fraction of sp³-hybridized carbons (Fsp3) is 0.417. The lowest BCUT2D eigenvalue weighted by atomic mass is 10.1. The number of hydrogen-bond acceptors (Lipinski definition) is 2. The van der Waals surface area contributed by atoms with Crippen molar-refractivity contribution in [3.63, 3.8) is 0 Å². The largest absolute Gasteiger partial charge is 0.328 e. The van der Waals surface area contributed by atoms with Crippen LogP contribution < -0.4 is 4.90 Å². The maximum atomic E-state index is 12.9. The maximum absolute atomic E-state index is 12.9. The van der Waals surface area contributed by atoms with Crippen molar-refractivity contribution < 1.29 is 4.79 Å². The molecule has 4 nitrogen and oxygen atoms in total. The SMILES string of the molecule is CCc1ccccc1N1C[C@H](c2nc3ccccc3n2CCC(C)C)CC1=O. The molecule has 0 unspecified atom stereocenters. The minimum absolute atomic E-state index is 0.136. The van der Waals surface area contributed by atoms with E-state index in [4.69, 9.17) is 4.98 Å². The fourth-order valence-electron chi connectivity index (χ4n) is 4.21. The third-order valence-electron chi connectivity index (χ3n) is 5.77. The Labute approximate surface area is 167 Å². The van der Waals surface area contributed by atoms with Gasteiger partial charge in [-0.05, 0) is 42.5 Å². The predicted octanol–water partition coefficient (Wildman–Crippen LogP) is 5.17. The molecular formula is C24H29N3O. The highest BCUT2D eigenvalue weighted by molar-refractivity contribution is 5.97. The summed E-state index contributed by atoms with van der Waals surface area (Å²) in [5.41, 5.74) is 4.49. The smallest absolute Gasteiger partial charge is 0.227 e. The number of anilines is 1. The van der Waals surface area contributed by atoms with E-state index in [9.17, 15) is 4.79 Å². The van der Waals surface area contributed by atoms with E-state index in [-0.39, 0.29) is 11.8 Å². The minimum atomic E-state index is 0.136. The van der Waals surface area contributed by atoms with Crippen molar-refractivity contribution >= 4 is 22.6 Å². The molecular weight excluding hydrogens is 346 g/mol. The van der Waals surface area contributed by atoms with Gasteiger partial charge in [0.25, 0.3) is 0 Å². The van der Waals surface area contributed by atoms with Crippen LogP contribution in [0.4, 0.5) is 5.69 Å². The molecule has 0 bridgehead atoms. The monoisotopic (exact) mass is 375 g/mol. The van der Waals surface area contributed by atoms with Crippen LogP contribution in [0.25, 0.3) is 11.0 Å². The van der Waals surface area contributed by atoms with Crippen molar-refractivity contribution in [2.75, 3.05) is 11.4 Å². The van der Waals surface area contributed by atoms with Crippen LogP contribution in [0.2, 0.25) is 0 Å². The fourth-order valence-corrected chi connectivity index (χ4v) is 4.21. The second kappa shape index (κ2) is 7.78. The van der Waals surface area contributed by atoms with Gasteiger partial charge in [-0.3, -0.25) is 4.79 Å². The highest BCUT2D eigenvalue weighted by Crippen LogP contribution is 2.35. The van der Waals surface area contributed by atoms with Crippen molar-refractivity contribution in [3.05, 3.63) is 59.9 Å². The summed E-state index contributed by atoms with van der Waals surface area (Å²) in [6.45, 7) is 8.30. The van der Waals surface area contributed by atoms with Crippen molar-refractivity contribution in [1.82, 2.24) is 9.55 Å². The molecule has 146 valence electrons. The number of imidazole rings is 1. The molecule has 0 radical (unpaired) electrons. The number of para-hydroxylation sites is 3. The van der Waals surface area contributed by atoms with E-state index in [1.807, 2.05) is 23.1 Å². The second-order valence-electron chi connectivity index (χ2n) is 8.18. The Morgan fingerprint density at radius 3 is 2.64 bits per heavy atom. The summed E-state index contributed by atoms with van der Waals surface area (Å²) in [6.07, 6.45) is 2.57. The number of hydrogen-bond donors (Lipinski definition) is 0. The van der Waals surface area contributed by atoms with Gasteiger partial charge in [0.15, 0.2) is 0 Å². The van der Waals surface area contributed by atoms with Crippen LogP contribution in [-0.2, 0) is 17.8 Å². The first-order valence-electron chi connectivity index (χ1n) is 10.4. The quantitative estimate of drug-likeness (QED) is 0.596. The van der Waals surface area contributed by atoms with E-state index in [1.165, 1.54) is 11.1 Å². The summed E-state index contributed by atoms with van der Waals surface area (Å²) in [4.78, 5) is 19.8. The molecule has 1 aromatic heterocycles. The normalized spacial score (nSPS) is 17.2. The lowest BCUT2D eigenvalue weighted by molar-refractivity contribution is -0.117. The van der Waals surface area contributed by atoms with Gasteiger partial charge in [0.05, 0.1) is 11.0 Å². The number of aromatic nitrogens is 2. The van der Waals surface area contributed by atoms with Crippen molar-refractivity contribution in [1.29, 1.82) is 0 Å². The number of carbonyl (C=O) groups is 1. The van der Waals surface area contributed by atoms with Crippen molar-refractivity contribution in [2.24, 2.45) is 5.92 Å². The predicted molar refractivity (Wildman–Crippen MR) is 115 cm³/mol. The van der Waals surface area contributed by atoms with Gasteiger partial charge in [0.2, 0.25) is 5.91 Å². The average Bonchev–Trinajstić information content (AvgIpc) is 3.26. The maximum Gasteiger partial charge on any atom is 0.227 e. The Hall–Kier alpha value is -2.62. The molecule has 0 aliphatic carbocycles. The van der Waals surface area contributed by atoms with E-state index in [0.29, 0.717) is 18.9 Å². The number of aryl methyl sites for hydroxylation is 2. The summed E-state index contributed by atoms with van der Waals surface area (Å²) in [5, 5.41) is 0. The Bertz CT molecular complexity index is 988. The van der Waals surface area contributed by atoms with Crippen LogP contribution in [-0.4, -0.2) is 22.0 Å². The van der Waals surface area contributed by atoms with Crippen molar-refractivity contribution in [2.45, 2.75) is 52.5 Å². The van der Waals surface area contributed by atoms with Gasteiger partial charge in [0.1, 0.15) is 5.82 Å². The van der Waals surface area contributed by atoms with E-state index >= 15 is 0 Å². The number of carbonyl (C=O) groups excluding carboxylic acids is 1. The third kappa shape index (κ3) is 3.44. The van der Waals surface area contributed by atoms with Gasteiger partial charge < -0.3 is 9.47 Å². The molecule has 1 saturated heterocycles. The summed E-state index contributed by atoms with van der Waals surface area (Å²) in [6, 6.07) is 16.6. The summed E-state index contributed by atoms with van der Waals surface area (Å²) in [7, 11) is 0. The number of fused-ring (bicyclic) bond motifs is 1. The summed E-state index contributed by atoms with van der Waals surface area (Å²) < 4.78 is 2.35. The highest BCUT2D eigenvalue weighted by Gasteiger charge is 2.35. The van der Waals surface area contributed by atoms with Crippen LogP contribution >= 0.6 is 0 Å². The minimum Gasteiger partial charge on any atom is -0.328 e. The molecule has 28 heavy (non-hydrogen) atoms. The molecule has 4 heteroatoms. The van der Waals surface area contributed by atoms with Gasteiger partial charge in [-0.1, -0.05) is 51.1 Å². The second-order valence-corrected chi connectivity index (χ2v) is 8.18. The van der Waals surface area contributed by atoms with Gasteiger partial charge in [0, 0.05) is 31.1 Å². The molecule has 1 aliphatic rings. The van der Waals surface area contributed by atoms with Crippen LogP contribution in [0.3, 0.4) is 0 Å². The third-order valence-corrected chi connectivity index (χ3v) is 5.77. The van der Waals surface area contributed by atoms with Crippen LogP contribution in [0.15, 0.2) is 48.5 Å². The van der Waals surface area contributed by atoms with Crippen LogP contribution in [0.1, 0.15) is 50.9 Å². The molecule has 0 saturated carbocycles. The Balaban J connectivity index is 1.69. The first-order valence-corrected chi connectivity index (χ1v) is 10.4. The standard InChI is InChI=1S/C24H29N3O/c1-4-18-9-5-7-11-21(18)27-16-19(15-23(27)28)24-25-20-10-6-8-12-22(20)26(24)14-13-17(2)3/h5-12,17,19H,4,13-16H2,1-3H3/t19-/m1/s1. The molecule has 2 aromatic carbocycles. The first kappa shape index (κ1) is 18.7. The van der Waals surface area contributed by atoms with Gasteiger partial charge in [-0.15, -0.1) is 0 Å². The zero-order valence-corrected chi connectivity index (χ0v) is 17.1. The topological polar surface area (TPSA) is 38.1 Å². The first-order chi connectivity index (χ1) is 13.6. The lowest BCUT2D eigenvalue weighted by Crippen LogP contribution is -2.25. The average molecular weight is 376 g/mol. The Morgan fingerprint density at radius 2 is 1.86 bits per heavy atom. The number of benzene rings is 2. The van der Waals surface area contributed by atoms with Crippen LogP contribution in [0, 0.1) is 5.92 Å². The lowest BCUT2D eigenvalue weighted by Gasteiger charge is -2.20. The van der Waals surface area contributed by atoms with Gasteiger partial charge >= 0.3 is 0 Å². The van der Waals surface area contributed by atoms with Gasteiger partial charge in [-0.2, -0.15) is 0 Å². The molecule has 0 N–H and O–H groups in total. The summed E-state index contributed by atoms with van der Waals surface area (Å²) in [5.74, 6) is 2.03. The highest BCUT2D eigenvalue weighted by atomic mass is 16.2. The van der Waals surface area contributed by atoms with Crippen molar-refractivity contribution in [3.8, 4) is 0 Å². The molecule has 3 aromatic rings. The summed E-state index contributed by atoms with van der Waals surface area (Å²) >= 11 is 0. The number of amides is 1. The van der Waals surface area contributed by atoms with E-state index in [0.717, 1.165) is 36.4 Å². The molecule has 1 amide bonds. The molecule has 1 atom stereocenters. The molecule has 1 fully saturated rings. The molecule has 0 spiro atoms. The Kier molecular flexibility index (Phi) is 5.21. The zero-order chi connectivity index (χ0) is 19.7. The van der Waals surface area contributed by atoms with E-state index < -0.39 is 0 Å². The van der Waals surface area contributed by atoms with Crippen LogP contribution in [0.5, 0.6) is 0 Å². The molecule has 4 rings (SSSR count). The van der Waals surface area contributed by atoms with E-state index in [1.54, 1.807) is 0 Å². The van der Waals surface area contributed by atoms with Gasteiger partial charge in [-0.25, -0.2) is 4.98 Å². The number of rotatable bonds is 6. The Morgan fingerprint density at radius 1 is 1.11 bits per heavy atom.